The number of hydrogen-bond donors (Lipinski definition) is 1. The summed E-state index contributed by atoms with van der Waals surface area (Å²) >= 11 is 17.7. The van der Waals surface area contributed by atoms with Crippen molar-refractivity contribution in [2.45, 2.75) is 19.1 Å². The molecular formula is C14H11Cl3F3N3O. The number of rotatable bonds is 5. The number of ether oxygens (including phenoxy) is 1. The van der Waals surface area contributed by atoms with Crippen LogP contribution in [0.4, 0.5) is 19.0 Å². The topological polar surface area (TPSA) is 47.0 Å². The third-order valence-electron chi connectivity index (χ3n) is 2.90. The fourth-order valence-corrected chi connectivity index (χ4v) is 2.56. The first-order chi connectivity index (χ1) is 11.2. The fraction of sp³-hybridized carbons (Fsp3) is 0.286. The molecule has 0 aliphatic carbocycles. The van der Waals surface area contributed by atoms with Crippen LogP contribution in [0.1, 0.15) is 18.5 Å². The number of nitrogens with one attached hydrogen (secondary N) is 1. The molecule has 1 N–H and O–H groups in total. The minimum Gasteiger partial charge on any atom is -0.479 e. The Morgan fingerprint density at radius 2 is 1.96 bits per heavy atom. The van der Waals surface area contributed by atoms with Crippen LogP contribution in [0.3, 0.4) is 0 Å². The van der Waals surface area contributed by atoms with E-state index < -0.39 is 18.8 Å². The molecule has 1 atom stereocenters. The van der Waals surface area contributed by atoms with E-state index >= 15 is 0 Å². The second-order valence-electron chi connectivity index (χ2n) is 4.79. The van der Waals surface area contributed by atoms with E-state index in [1.807, 2.05) is 0 Å². The Morgan fingerprint density at radius 1 is 1.25 bits per heavy atom. The van der Waals surface area contributed by atoms with Gasteiger partial charge in [0.2, 0.25) is 5.28 Å². The molecule has 0 aliphatic rings. The number of halogens is 6. The molecule has 130 valence electrons. The summed E-state index contributed by atoms with van der Waals surface area (Å²) in [4.78, 5) is 7.50. The monoisotopic (exact) mass is 399 g/mol. The van der Waals surface area contributed by atoms with Crippen molar-refractivity contribution in [3.63, 3.8) is 0 Å². The van der Waals surface area contributed by atoms with Crippen LogP contribution in [0.2, 0.25) is 15.3 Å². The van der Waals surface area contributed by atoms with E-state index in [9.17, 15) is 13.2 Å². The van der Waals surface area contributed by atoms with Gasteiger partial charge in [-0.3, -0.25) is 0 Å². The van der Waals surface area contributed by atoms with Crippen LogP contribution < -0.4 is 10.1 Å². The molecule has 0 radical (unpaired) electrons. The van der Waals surface area contributed by atoms with Crippen LogP contribution in [0, 0.1) is 0 Å². The predicted molar refractivity (Wildman–Crippen MR) is 87.1 cm³/mol. The molecule has 2 rings (SSSR count). The van der Waals surface area contributed by atoms with Gasteiger partial charge in [-0.15, -0.1) is 0 Å². The van der Waals surface area contributed by atoms with Crippen LogP contribution in [-0.2, 0) is 0 Å². The molecule has 1 aromatic carbocycles. The van der Waals surface area contributed by atoms with Gasteiger partial charge in [-0.2, -0.15) is 18.2 Å². The molecule has 2 aromatic rings. The van der Waals surface area contributed by atoms with Gasteiger partial charge in [-0.25, -0.2) is 4.98 Å². The van der Waals surface area contributed by atoms with Crippen molar-refractivity contribution in [1.82, 2.24) is 9.97 Å². The summed E-state index contributed by atoms with van der Waals surface area (Å²) in [7, 11) is 0. The Kier molecular flexibility index (Phi) is 6.01. The number of aromatic nitrogens is 2. The van der Waals surface area contributed by atoms with Crippen molar-refractivity contribution < 1.29 is 17.9 Å². The molecule has 24 heavy (non-hydrogen) atoms. The van der Waals surface area contributed by atoms with Crippen LogP contribution in [-0.4, -0.2) is 22.8 Å². The summed E-state index contributed by atoms with van der Waals surface area (Å²) in [5, 5.41) is 3.65. The Bertz CT molecular complexity index is 728. The number of hydrogen-bond acceptors (Lipinski definition) is 4. The second kappa shape index (κ2) is 7.63. The average molecular weight is 401 g/mol. The van der Waals surface area contributed by atoms with E-state index in [1.54, 1.807) is 25.1 Å². The lowest BCUT2D eigenvalue weighted by atomic mass is 10.1. The highest BCUT2D eigenvalue weighted by atomic mass is 35.5. The maximum absolute atomic E-state index is 12.3. The first kappa shape index (κ1) is 18.9. The first-order valence-corrected chi connectivity index (χ1v) is 7.72. The largest absolute Gasteiger partial charge is 0.479 e. The van der Waals surface area contributed by atoms with E-state index in [2.05, 4.69) is 15.3 Å². The van der Waals surface area contributed by atoms with Gasteiger partial charge in [0, 0.05) is 10.0 Å². The highest BCUT2D eigenvalue weighted by molar-refractivity contribution is 6.35. The Labute approximate surface area is 150 Å². The quantitative estimate of drug-likeness (QED) is 0.668. The fourth-order valence-electron chi connectivity index (χ4n) is 1.85. The second-order valence-corrected chi connectivity index (χ2v) is 5.97. The van der Waals surface area contributed by atoms with E-state index in [-0.39, 0.29) is 16.9 Å². The van der Waals surface area contributed by atoms with E-state index in [1.165, 1.54) is 0 Å². The molecule has 0 aliphatic heterocycles. The van der Waals surface area contributed by atoms with Crippen LogP contribution >= 0.6 is 34.8 Å². The summed E-state index contributed by atoms with van der Waals surface area (Å²) in [5.41, 5.74) is 0.678. The minimum absolute atomic E-state index is 0.0257. The summed E-state index contributed by atoms with van der Waals surface area (Å²) < 4.78 is 41.7. The van der Waals surface area contributed by atoms with Crippen molar-refractivity contribution >= 4 is 40.6 Å². The molecule has 0 amide bonds. The summed E-state index contributed by atoms with van der Waals surface area (Å²) in [5.74, 6) is -0.147. The van der Waals surface area contributed by atoms with Gasteiger partial charge in [0.1, 0.15) is 0 Å². The number of nitrogens with zero attached hydrogens (tertiary/aromatic N) is 2. The zero-order chi connectivity index (χ0) is 17.9. The van der Waals surface area contributed by atoms with E-state index in [4.69, 9.17) is 39.5 Å². The predicted octanol–water partition coefficient (Wildman–Crippen LogP) is 5.55. The third-order valence-corrected chi connectivity index (χ3v) is 3.64. The number of benzene rings is 1. The maximum atomic E-state index is 12.3. The molecule has 4 nitrogen and oxygen atoms in total. The number of alkyl halides is 3. The Morgan fingerprint density at radius 3 is 2.58 bits per heavy atom. The van der Waals surface area contributed by atoms with Gasteiger partial charge < -0.3 is 10.1 Å². The summed E-state index contributed by atoms with van der Waals surface area (Å²) in [6.45, 7) is 0.279. The molecule has 1 unspecified atom stereocenters. The van der Waals surface area contributed by atoms with E-state index in [0.717, 1.165) is 6.20 Å². The van der Waals surface area contributed by atoms with Crippen LogP contribution in [0.5, 0.6) is 5.75 Å². The maximum Gasteiger partial charge on any atom is 0.422 e. The molecule has 0 spiro atoms. The third kappa shape index (κ3) is 5.29. The van der Waals surface area contributed by atoms with Gasteiger partial charge in [0.15, 0.2) is 18.2 Å². The first-order valence-electron chi connectivity index (χ1n) is 6.59. The van der Waals surface area contributed by atoms with Gasteiger partial charge >= 0.3 is 6.18 Å². The Balaban J connectivity index is 2.22. The standard InChI is InChI=1S/C14H11Cl3F3N3O/c1-7(9-3-2-8(15)4-10(9)16)22-12-11(5-21-13(17)23-12)24-6-14(18,19)20/h2-5,7H,6H2,1H3,(H,21,22,23). The van der Waals surface area contributed by atoms with E-state index in [0.29, 0.717) is 15.6 Å². The average Bonchev–Trinajstić information content (AvgIpc) is 2.45. The molecule has 1 aromatic heterocycles. The number of anilines is 1. The Hall–Kier alpha value is -1.44. The van der Waals surface area contributed by atoms with Crippen molar-refractivity contribution in [2.75, 3.05) is 11.9 Å². The molecule has 0 fully saturated rings. The van der Waals surface area contributed by atoms with Crippen molar-refractivity contribution in [1.29, 1.82) is 0 Å². The lowest BCUT2D eigenvalue weighted by Crippen LogP contribution is -2.20. The van der Waals surface area contributed by atoms with Gasteiger partial charge in [0.25, 0.3) is 0 Å². The summed E-state index contributed by atoms with van der Waals surface area (Å²) in [6.07, 6.45) is -3.42. The van der Waals surface area contributed by atoms with Gasteiger partial charge in [0.05, 0.1) is 12.2 Å². The van der Waals surface area contributed by atoms with Gasteiger partial charge in [-0.1, -0.05) is 29.3 Å². The lowest BCUT2D eigenvalue weighted by Gasteiger charge is -2.19. The van der Waals surface area contributed by atoms with Crippen LogP contribution in [0.25, 0.3) is 0 Å². The van der Waals surface area contributed by atoms with Crippen molar-refractivity contribution in [3.05, 3.63) is 45.3 Å². The zero-order valence-corrected chi connectivity index (χ0v) is 14.4. The molecule has 0 saturated carbocycles. The van der Waals surface area contributed by atoms with Crippen molar-refractivity contribution in [3.8, 4) is 5.75 Å². The lowest BCUT2D eigenvalue weighted by molar-refractivity contribution is -0.153. The zero-order valence-electron chi connectivity index (χ0n) is 12.2. The highest BCUT2D eigenvalue weighted by Gasteiger charge is 2.29. The normalized spacial score (nSPS) is 12.8. The van der Waals surface area contributed by atoms with Gasteiger partial charge in [-0.05, 0) is 36.2 Å². The van der Waals surface area contributed by atoms with Crippen LogP contribution in [0.15, 0.2) is 24.4 Å². The smallest absolute Gasteiger partial charge is 0.422 e. The molecule has 0 bridgehead atoms. The molecule has 1 heterocycles. The van der Waals surface area contributed by atoms with Crippen molar-refractivity contribution in [2.24, 2.45) is 0 Å². The summed E-state index contributed by atoms with van der Waals surface area (Å²) in [6, 6.07) is 4.51. The SMILES string of the molecule is CC(Nc1nc(Cl)ncc1OCC(F)(F)F)c1ccc(Cl)cc1Cl. The molecular weight excluding hydrogens is 390 g/mol. The highest BCUT2D eigenvalue weighted by Crippen LogP contribution is 2.31. The molecule has 10 heteroatoms. The minimum atomic E-state index is -4.48. The molecule has 0 saturated heterocycles.